The summed E-state index contributed by atoms with van der Waals surface area (Å²) >= 11 is 1.36. The van der Waals surface area contributed by atoms with Gasteiger partial charge in [0.1, 0.15) is 30.2 Å². The minimum atomic E-state index is -1.58. The molecule has 0 unspecified atom stereocenters. The molecule has 234 valence electrons. The Kier molecular flexibility index (Phi) is 17.2. The van der Waals surface area contributed by atoms with E-state index in [0.717, 1.165) is 0 Å². The minimum Gasteiger partial charge on any atom is -0.480 e. The lowest BCUT2D eigenvalue weighted by atomic mass is 10.1. The molecule has 11 N–H and O–H groups in total. The molecule has 6 amide bonds. The number of aliphatic hydroxyl groups is 2. The Balaban J connectivity index is 5.21. The van der Waals surface area contributed by atoms with Gasteiger partial charge in [-0.1, -0.05) is 0 Å². The van der Waals surface area contributed by atoms with Crippen LogP contribution in [0.25, 0.3) is 0 Å². The van der Waals surface area contributed by atoms with Crippen LogP contribution in [0.15, 0.2) is 0 Å². The highest BCUT2D eigenvalue weighted by molar-refractivity contribution is 7.98. The lowest BCUT2D eigenvalue weighted by Gasteiger charge is -2.26. The van der Waals surface area contributed by atoms with Gasteiger partial charge in [-0.2, -0.15) is 11.8 Å². The lowest BCUT2D eigenvalue weighted by Crippen LogP contribution is -2.60. The van der Waals surface area contributed by atoms with E-state index >= 15 is 0 Å². The summed E-state index contributed by atoms with van der Waals surface area (Å²) in [5, 5.41) is 42.0. The van der Waals surface area contributed by atoms with E-state index in [1.165, 1.54) is 39.5 Å². The van der Waals surface area contributed by atoms with Crippen LogP contribution in [-0.2, 0) is 33.6 Å². The number of hydrogen-bond donors (Lipinski definition) is 10. The van der Waals surface area contributed by atoms with Crippen LogP contribution in [0.3, 0.4) is 0 Å². The fourth-order valence-corrected chi connectivity index (χ4v) is 3.47. The fraction of sp³-hybridized carbons (Fsp3) is 0.696. The molecule has 0 aromatic rings. The van der Waals surface area contributed by atoms with Crippen LogP contribution in [0, 0.1) is 0 Å². The van der Waals surface area contributed by atoms with Crippen LogP contribution in [-0.4, -0.2) is 124 Å². The van der Waals surface area contributed by atoms with E-state index in [-0.39, 0.29) is 6.42 Å². The molecule has 0 spiro atoms. The zero-order valence-corrected chi connectivity index (χ0v) is 24.4. The number of nitrogens with one attached hydrogen (secondary N) is 6. The molecule has 0 saturated heterocycles. The fourth-order valence-electron chi connectivity index (χ4n) is 3.00. The number of carbonyl (C=O) groups excluding carboxylic acids is 6. The van der Waals surface area contributed by atoms with Crippen LogP contribution in [0.1, 0.15) is 34.1 Å². The topological polar surface area (TPSA) is 278 Å². The smallest absolute Gasteiger partial charge is 0.328 e. The van der Waals surface area contributed by atoms with E-state index in [9.17, 15) is 38.7 Å². The number of amides is 6. The van der Waals surface area contributed by atoms with Crippen molar-refractivity contribution in [2.45, 2.75) is 76.5 Å². The highest BCUT2D eigenvalue weighted by Crippen LogP contribution is 2.03. The van der Waals surface area contributed by atoms with E-state index < -0.39 is 96.9 Å². The highest BCUT2D eigenvalue weighted by Gasteiger charge is 2.32. The first-order valence-corrected chi connectivity index (χ1v) is 14.0. The molecule has 0 aromatic carbocycles. The van der Waals surface area contributed by atoms with Crippen molar-refractivity contribution in [1.29, 1.82) is 0 Å². The third kappa shape index (κ3) is 14.1. The van der Waals surface area contributed by atoms with Crippen molar-refractivity contribution in [3.05, 3.63) is 0 Å². The number of rotatable bonds is 18. The maximum absolute atomic E-state index is 12.8. The van der Waals surface area contributed by atoms with Gasteiger partial charge in [-0.15, -0.1) is 0 Å². The summed E-state index contributed by atoms with van der Waals surface area (Å²) in [6, 6.07) is -7.57. The van der Waals surface area contributed by atoms with Crippen LogP contribution >= 0.6 is 11.8 Å². The molecule has 17 nitrogen and oxygen atoms in total. The van der Waals surface area contributed by atoms with Crippen LogP contribution in [0.2, 0.25) is 0 Å². The second kappa shape index (κ2) is 18.8. The quantitative estimate of drug-likeness (QED) is 0.0702. The van der Waals surface area contributed by atoms with Crippen molar-refractivity contribution in [3.8, 4) is 0 Å². The molecule has 41 heavy (non-hydrogen) atoms. The maximum atomic E-state index is 12.8. The molecule has 18 heteroatoms. The molecule has 0 aliphatic rings. The van der Waals surface area contributed by atoms with Crippen LogP contribution < -0.4 is 37.6 Å². The van der Waals surface area contributed by atoms with Crippen LogP contribution in [0.4, 0.5) is 0 Å². The first-order valence-electron chi connectivity index (χ1n) is 12.6. The van der Waals surface area contributed by atoms with Crippen molar-refractivity contribution in [2.24, 2.45) is 5.73 Å². The van der Waals surface area contributed by atoms with E-state index in [1.807, 2.05) is 0 Å². The Hall–Kier alpha value is -3.48. The molecule has 0 fully saturated rings. The second-order valence-electron chi connectivity index (χ2n) is 9.18. The number of carbonyl (C=O) groups is 7. The number of carboxylic acids is 1. The van der Waals surface area contributed by atoms with Crippen molar-refractivity contribution < 1.29 is 48.9 Å². The summed E-state index contributed by atoms with van der Waals surface area (Å²) in [5.41, 5.74) is 5.38. The van der Waals surface area contributed by atoms with E-state index in [2.05, 4.69) is 31.9 Å². The summed E-state index contributed by atoms with van der Waals surface area (Å²) in [7, 11) is 0. The Morgan fingerprint density at radius 2 is 1.29 bits per heavy atom. The van der Waals surface area contributed by atoms with E-state index in [4.69, 9.17) is 15.9 Å². The summed E-state index contributed by atoms with van der Waals surface area (Å²) in [6.07, 6.45) is 0.445. The Bertz CT molecular complexity index is 950. The van der Waals surface area contributed by atoms with Gasteiger partial charge in [0.05, 0.1) is 25.3 Å². The molecule has 0 aromatic heterocycles. The molecule has 0 saturated carbocycles. The molecule has 7 atom stereocenters. The number of carboxylic acid groups (broad SMARTS) is 1. The largest absolute Gasteiger partial charge is 0.480 e. The van der Waals surface area contributed by atoms with Crippen molar-refractivity contribution >= 4 is 53.2 Å². The first kappa shape index (κ1) is 37.5. The monoisotopic (exact) mass is 607 g/mol. The molecule has 0 radical (unpaired) electrons. The average molecular weight is 608 g/mol. The van der Waals surface area contributed by atoms with Crippen molar-refractivity contribution in [2.75, 3.05) is 25.2 Å². The van der Waals surface area contributed by atoms with Gasteiger partial charge >= 0.3 is 5.97 Å². The maximum Gasteiger partial charge on any atom is 0.328 e. The Labute approximate surface area is 241 Å². The Morgan fingerprint density at radius 3 is 1.78 bits per heavy atom. The van der Waals surface area contributed by atoms with Gasteiger partial charge < -0.3 is 53.0 Å². The van der Waals surface area contributed by atoms with E-state index in [0.29, 0.717) is 5.75 Å². The SMILES string of the molecule is CSCC[C@H](NC(=O)[C@H](C)NC(=O)[C@@H](NC(=O)[C@H](C)NC(=O)CNC(=O)[C@H](C)N)[C@@H](C)O)C(=O)N[C@@H](CO)C(=O)O. The van der Waals surface area contributed by atoms with Gasteiger partial charge in [-0.25, -0.2) is 4.79 Å². The summed E-state index contributed by atoms with van der Waals surface area (Å²) < 4.78 is 0. The molecule has 0 bridgehead atoms. The zero-order valence-electron chi connectivity index (χ0n) is 23.6. The third-order valence-electron chi connectivity index (χ3n) is 5.46. The summed E-state index contributed by atoms with van der Waals surface area (Å²) in [6.45, 7) is 3.91. The Morgan fingerprint density at radius 1 is 0.756 bits per heavy atom. The van der Waals surface area contributed by atoms with Crippen LogP contribution in [0.5, 0.6) is 0 Å². The minimum absolute atomic E-state index is 0.113. The normalized spacial score (nSPS) is 15.9. The summed E-state index contributed by atoms with van der Waals surface area (Å²) in [4.78, 5) is 85.1. The second-order valence-corrected chi connectivity index (χ2v) is 10.2. The predicted octanol–water partition coefficient (Wildman–Crippen LogP) is -4.88. The third-order valence-corrected chi connectivity index (χ3v) is 6.11. The number of hydrogen-bond acceptors (Lipinski definition) is 11. The molecular weight excluding hydrogens is 566 g/mol. The summed E-state index contributed by atoms with van der Waals surface area (Å²) in [5.74, 6) is -5.80. The highest BCUT2D eigenvalue weighted by atomic mass is 32.2. The molecule has 0 rings (SSSR count). The molecular formula is C23H41N7O10S. The molecule has 0 aliphatic carbocycles. The number of nitrogens with two attached hydrogens (primary N) is 1. The molecule has 0 aliphatic heterocycles. The van der Waals surface area contributed by atoms with E-state index in [1.54, 1.807) is 6.26 Å². The van der Waals surface area contributed by atoms with Gasteiger partial charge in [0.15, 0.2) is 0 Å². The van der Waals surface area contributed by atoms with Gasteiger partial charge in [0, 0.05) is 0 Å². The zero-order chi connectivity index (χ0) is 31.9. The van der Waals surface area contributed by atoms with Gasteiger partial charge in [0.2, 0.25) is 35.4 Å². The van der Waals surface area contributed by atoms with Crippen molar-refractivity contribution in [1.82, 2.24) is 31.9 Å². The standard InChI is InChI=1S/C23H41N7O10S/c1-10(24)18(34)25-8-16(33)26-11(2)20(36)30-17(13(4)32)22(38)27-12(3)19(35)28-14(6-7-41-5)21(37)29-15(9-31)23(39)40/h10-15,17,31-32H,6-9,24H2,1-5H3,(H,25,34)(H,26,33)(H,27,38)(H,28,35)(H,29,37)(H,30,36)(H,39,40)/t10-,11-,12-,13+,14-,15-,17-/m0/s1. The lowest BCUT2D eigenvalue weighted by molar-refractivity contribution is -0.143. The van der Waals surface area contributed by atoms with Crippen molar-refractivity contribution in [3.63, 3.8) is 0 Å². The number of aliphatic hydroxyl groups excluding tert-OH is 2. The first-order chi connectivity index (χ1) is 19.0. The van der Waals surface area contributed by atoms with Gasteiger partial charge in [-0.3, -0.25) is 28.8 Å². The predicted molar refractivity (Wildman–Crippen MR) is 147 cm³/mol. The average Bonchev–Trinajstić information content (AvgIpc) is 2.89. The van der Waals surface area contributed by atoms with Gasteiger partial charge in [0.25, 0.3) is 0 Å². The van der Waals surface area contributed by atoms with Gasteiger partial charge in [-0.05, 0) is 46.1 Å². The number of thioether (sulfide) groups is 1. The molecule has 0 heterocycles. The number of aliphatic carboxylic acids is 1.